The molecule has 3 aromatic rings. The van der Waals surface area contributed by atoms with Gasteiger partial charge >= 0.3 is 0 Å². The molecule has 0 unspecified atom stereocenters. The Labute approximate surface area is 164 Å². The van der Waals surface area contributed by atoms with Crippen LogP contribution in [0.15, 0.2) is 42.5 Å². The summed E-state index contributed by atoms with van der Waals surface area (Å²) in [6.45, 7) is 5.23. The van der Waals surface area contributed by atoms with Crippen molar-refractivity contribution < 1.29 is 9.53 Å². The number of rotatable bonds is 8. The van der Waals surface area contributed by atoms with Gasteiger partial charge < -0.3 is 14.6 Å². The first-order chi connectivity index (χ1) is 13.1. The Bertz CT molecular complexity index is 936. The molecule has 1 amide bonds. The number of nitrogens with zero attached hydrogens (tertiary/aromatic N) is 2. The van der Waals surface area contributed by atoms with Crippen molar-refractivity contribution in [2.75, 3.05) is 6.54 Å². The molecule has 27 heavy (non-hydrogen) atoms. The molecule has 0 bridgehead atoms. The maximum atomic E-state index is 12.3. The Morgan fingerprint density at radius 1 is 1.26 bits per heavy atom. The summed E-state index contributed by atoms with van der Waals surface area (Å²) in [5.74, 6) is 1.42. The van der Waals surface area contributed by atoms with Gasteiger partial charge in [-0.15, -0.1) is 0 Å². The number of benzene rings is 2. The van der Waals surface area contributed by atoms with Crippen molar-refractivity contribution in [3.63, 3.8) is 0 Å². The molecule has 6 heteroatoms. The van der Waals surface area contributed by atoms with E-state index in [2.05, 4.69) is 17.2 Å². The van der Waals surface area contributed by atoms with Crippen LogP contribution in [0.5, 0.6) is 5.75 Å². The fourth-order valence-corrected chi connectivity index (χ4v) is 2.99. The predicted octanol–water partition coefficient (Wildman–Crippen LogP) is 4.49. The number of fused-ring (bicyclic) bond motifs is 1. The van der Waals surface area contributed by atoms with E-state index in [0.717, 1.165) is 41.0 Å². The molecule has 0 radical (unpaired) electrons. The van der Waals surface area contributed by atoms with Crippen LogP contribution < -0.4 is 10.1 Å². The fraction of sp³-hybridized carbons (Fsp3) is 0.333. The maximum absolute atomic E-state index is 12.3. The summed E-state index contributed by atoms with van der Waals surface area (Å²) in [4.78, 5) is 17.0. The zero-order valence-corrected chi connectivity index (χ0v) is 16.4. The van der Waals surface area contributed by atoms with Crippen molar-refractivity contribution in [1.82, 2.24) is 14.9 Å². The molecule has 0 aliphatic heterocycles. The summed E-state index contributed by atoms with van der Waals surface area (Å²) >= 11 is 6.07. The number of para-hydroxylation sites is 2. The number of carbonyl (C=O) groups excluding carboxylic acids is 1. The number of carbonyl (C=O) groups is 1. The largest absolute Gasteiger partial charge is 0.486 e. The van der Waals surface area contributed by atoms with Crippen LogP contribution in [-0.2, 0) is 17.9 Å². The number of hydrogen-bond donors (Lipinski definition) is 1. The first-order valence-electron chi connectivity index (χ1n) is 9.18. The van der Waals surface area contributed by atoms with Crippen molar-refractivity contribution in [3.8, 4) is 5.75 Å². The lowest BCUT2D eigenvalue weighted by molar-refractivity contribution is -0.121. The van der Waals surface area contributed by atoms with Gasteiger partial charge in [-0.2, -0.15) is 0 Å². The Morgan fingerprint density at radius 3 is 2.85 bits per heavy atom. The van der Waals surface area contributed by atoms with Gasteiger partial charge in [0.15, 0.2) is 0 Å². The molecule has 1 heterocycles. The van der Waals surface area contributed by atoms with Crippen molar-refractivity contribution in [3.05, 3.63) is 58.9 Å². The zero-order valence-electron chi connectivity index (χ0n) is 15.7. The summed E-state index contributed by atoms with van der Waals surface area (Å²) in [5, 5.41) is 3.67. The van der Waals surface area contributed by atoms with Gasteiger partial charge in [0.05, 0.1) is 11.0 Å². The second kappa shape index (κ2) is 8.91. The summed E-state index contributed by atoms with van der Waals surface area (Å²) in [6, 6.07) is 13.3. The number of halogens is 1. The zero-order chi connectivity index (χ0) is 19.2. The lowest BCUT2D eigenvalue weighted by Crippen LogP contribution is -2.29. The van der Waals surface area contributed by atoms with E-state index in [0.29, 0.717) is 11.6 Å². The third kappa shape index (κ3) is 4.80. The monoisotopic (exact) mass is 385 g/mol. The molecule has 2 aromatic carbocycles. The second-order valence-electron chi connectivity index (χ2n) is 6.51. The van der Waals surface area contributed by atoms with Crippen LogP contribution in [0.2, 0.25) is 5.02 Å². The molecule has 1 aromatic heterocycles. The first-order valence-corrected chi connectivity index (χ1v) is 9.56. The van der Waals surface area contributed by atoms with Gasteiger partial charge in [0.25, 0.3) is 0 Å². The highest BCUT2D eigenvalue weighted by Gasteiger charge is 2.14. The molecule has 0 fully saturated rings. The summed E-state index contributed by atoms with van der Waals surface area (Å²) in [6.07, 6.45) is 2.02. The third-order valence-electron chi connectivity index (χ3n) is 4.39. The van der Waals surface area contributed by atoms with E-state index in [1.54, 1.807) is 0 Å². The predicted molar refractivity (Wildman–Crippen MR) is 108 cm³/mol. The van der Waals surface area contributed by atoms with Gasteiger partial charge in [-0.3, -0.25) is 4.79 Å². The molecule has 0 saturated heterocycles. The van der Waals surface area contributed by atoms with Crippen molar-refractivity contribution in [1.29, 1.82) is 0 Å². The molecule has 5 nitrogen and oxygen atoms in total. The minimum absolute atomic E-state index is 0.0183. The highest BCUT2D eigenvalue weighted by molar-refractivity contribution is 6.31. The number of imidazole rings is 1. The number of amides is 1. The van der Waals surface area contributed by atoms with Gasteiger partial charge in [-0.25, -0.2) is 4.98 Å². The average Bonchev–Trinajstić information content (AvgIpc) is 3.00. The van der Waals surface area contributed by atoms with E-state index in [4.69, 9.17) is 16.3 Å². The van der Waals surface area contributed by atoms with Gasteiger partial charge in [0.1, 0.15) is 24.7 Å². The van der Waals surface area contributed by atoms with Crippen LogP contribution in [0, 0.1) is 6.92 Å². The Balaban J connectivity index is 1.79. The molecule has 3 rings (SSSR count). The Morgan fingerprint density at radius 2 is 2.07 bits per heavy atom. The van der Waals surface area contributed by atoms with Gasteiger partial charge in [0, 0.05) is 11.6 Å². The molecule has 0 saturated carbocycles. The highest BCUT2D eigenvalue weighted by Crippen LogP contribution is 2.23. The molecule has 0 spiro atoms. The number of aryl methyl sites for hydroxylation is 1. The highest BCUT2D eigenvalue weighted by atomic mass is 35.5. The van der Waals surface area contributed by atoms with Crippen LogP contribution >= 0.6 is 11.6 Å². The fourth-order valence-electron chi connectivity index (χ4n) is 2.87. The molecule has 142 valence electrons. The SMILES string of the molecule is CCCCNC(=O)Cn1c(COc2ccc(Cl)c(C)c2)nc2ccccc21. The van der Waals surface area contributed by atoms with E-state index >= 15 is 0 Å². The molecule has 0 atom stereocenters. The number of aromatic nitrogens is 2. The van der Waals surface area contributed by atoms with E-state index in [9.17, 15) is 4.79 Å². The first kappa shape index (κ1) is 19.2. The molecular weight excluding hydrogens is 362 g/mol. The van der Waals surface area contributed by atoms with E-state index < -0.39 is 0 Å². The standard InChI is InChI=1S/C21H24ClN3O2/c1-3-4-11-23-21(26)13-25-19-8-6-5-7-18(19)24-20(25)14-27-16-9-10-17(22)15(2)12-16/h5-10,12H,3-4,11,13-14H2,1-2H3,(H,23,26). The van der Waals surface area contributed by atoms with Gasteiger partial charge in [-0.1, -0.05) is 37.1 Å². The Kier molecular flexibility index (Phi) is 6.35. The number of hydrogen-bond acceptors (Lipinski definition) is 3. The van der Waals surface area contributed by atoms with Crippen LogP contribution in [-0.4, -0.2) is 22.0 Å². The second-order valence-corrected chi connectivity index (χ2v) is 6.91. The quantitative estimate of drug-likeness (QED) is 0.581. The summed E-state index contributed by atoms with van der Waals surface area (Å²) in [5.41, 5.74) is 2.73. The van der Waals surface area contributed by atoms with Crippen LogP contribution in [0.4, 0.5) is 0 Å². The minimum Gasteiger partial charge on any atom is -0.486 e. The maximum Gasteiger partial charge on any atom is 0.240 e. The number of nitrogens with one attached hydrogen (secondary N) is 1. The average molecular weight is 386 g/mol. The van der Waals surface area contributed by atoms with E-state index in [1.165, 1.54) is 0 Å². The van der Waals surface area contributed by atoms with Crippen LogP contribution in [0.3, 0.4) is 0 Å². The van der Waals surface area contributed by atoms with Crippen molar-refractivity contribution >= 4 is 28.5 Å². The molecule has 0 aliphatic rings. The van der Waals surface area contributed by atoms with Crippen molar-refractivity contribution in [2.24, 2.45) is 0 Å². The van der Waals surface area contributed by atoms with Crippen LogP contribution in [0.1, 0.15) is 31.2 Å². The summed E-state index contributed by atoms with van der Waals surface area (Å²) < 4.78 is 7.82. The number of unbranched alkanes of at least 4 members (excludes halogenated alkanes) is 1. The molecule has 0 aliphatic carbocycles. The topological polar surface area (TPSA) is 56.2 Å². The summed E-state index contributed by atoms with van der Waals surface area (Å²) in [7, 11) is 0. The molecule has 1 N–H and O–H groups in total. The Hall–Kier alpha value is -2.53. The third-order valence-corrected chi connectivity index (χ3v) is 4.81. The molecular formula is C21H24ClN3O2. The normalized spacial score (nSPS) is 10.9. The van der Waals surface area contributed by atoms with Gasteiger partial charge in [0.2, 0.25) is 5.91 Å². The lowest BCUT2D eigenvalue weighted by atomic mass is 10.2. The van der Waals surface area contributed by atoms with E-state index in [1.807, 2.05) is 54.0 Å². The van der Waals surface area contributed by atoms with Crippen LogP contribution in [0.25, 0.3) is 11.0 Å². The lowest BCUT2D eigenvalue weighted by Gasteiger charge is -2.11. The smallest absolute Gasteiger partial charge is 0.240 e. The van der Waals surface area contributed by atoms with Gasteiger partial charge in [-0.05, 0) is 49.2 Å². The van der Waals surface area contributed by atoms with Crippen molar-refractivity contribution in [2.45, 2.75) is 39.8 Å². The minimum atomic E-state index is -0.0183. The van der Waals surface area contributed by atoms with E-state index in [-0.39, 0.29) is 19.1 Å². The number of ether oxygens (including phenoxy) is 1.